The van der Waals surface area contributed by atoms with Gasteiger partial charge in [-0.05, 0) is 48.9 Å². The number of carbonyl (C=O) groups excluding carboxylic acids is 1. The van der Waals surface area contributed by atoms with Gasteiger partial charge in [0.05, 0.1) is 18.4 Å². The first-order valence-corrected chi connectivity index (χ1v) is 15.2. The van der Waals surface area contributed by atoms with E-state index >= 15 is 0 Å². The molecule has 0 radical (unpaired) electrons. The van der Waals surface area contributed by atoms with Crippen molar-refractivity contribution in [2.24, 2.45) is 0 Å². The minimum atomic E-state index is -3.64. The number of piperazine rings is 1. The Morgan fingerprint density at radius 2 is 1.57 bits per heavy atom. The monoisotopic (exact) mass is 562 g/mol. The number of likely N-dealkylation sites (N-methyl/N-ethyl adjacent to an activating group) is 1. The van der Waals surface area contributed by atoms with Crippen LogP contribution < -0.4 is 9.64 Å². The van der Waals surface area contributed by atoms with Gasteiger partial charge >= 0.3 is 0 Å². The first-order valence-electron chi connectivity index (χ1n) is 13.8. The number of anilines is 1. The third-order valence-electron chi connectivity index (χ3n) is 8.00. The highest BCUT2D eigenvalue weighted by Crippen LogP contribution is 2.36. The molecule has 0 bridgehead atoms. The molecule has 1 fully saturated rings. The molecule has 9 heteroatoms. The van der Waals surface area contributed by atoms with Crippen molar-refractivity contribution >= 4 is 21.6 Å². The van der Waals surface area contributed by atoms with E-state index in [1.165, 1.54) is 21.1 Å². The molecule has 0 N–H and O–H groups in total. The number of hydrogen-bond donors (Lipinski definition) is 0. The molecular formula is C31H38N4O4S. The molecule has 212 valence electrons. The van der Waals surface area contributed by atoms with Gasteiger partial charge in [0.15, 0.2) is 0 Å². The topological polar surface area (TPSA) is 73.4 Å². The van der Waals surface area contributed by atoms with Crippen LogP contribution in [0.4, 0.5) is 5.69 Å². The second-order valence-electron chi connectivity index (χ2n) is 10.7. The van der Waals surface area contributed by atoms with Crippen molar-refractivity contribution in [1.29, 1.82) is 0 Å². The van der Waals surface area contributed by atoms with E-state index in [0.717, 1.165) is 49.5 Å². The van der Waals surface area contributed by atoms with Crippen LogP contribution in [-0.4, -0.2) is 82.4 Å². The number of amides is 1. The number of methoxy groups -OCH3 is 1. The van der Waals surface area contributed by atoms with Crippen molar-refractivity contribution in [2.75, 3.05) is 58.8 Å². The van der Waals surface area contributed by atoms with E-state index in [4.69, 9.17) is 4.74 Å². The van der Waals surface area contributed by atoms with Gasteiger partial charge in [-0.1, -0.05) is 42.5 Å². The number of fused-ring (bicyclic) bond motifs is 1. The predicted octanol–water partition coefficient (Wildman–Crippen LogP) is 3.40. The van der Waals surface area contributed by atoms with Gasteiger partial charge in [-0.2, -0.15) is 4.31 Å². The van der Waals surface area contributed by atoms with Crippen LogP contribution in [0, 0.1) is 0 Å². The number of ether oxygens (including phenoxy) is 1. The Bertz CT molecular complexity index is 1440. The van der Waals surface area contributed by atoms with Crippen molar-refractivity contribution in [3.8, 4) is 5.75 Å². The molecule has 0 aliphatic carbocycles. The van der Waals surface area contributed by atoms with Gasteiger partial charge in [-0.3, -0.25) is 4.79 Å². The van der Waals surface area contributed by atoms with Crippen LogP contribution in [0.1, 0.15) is 22.3 Å². The van der Waals surface area contributed by atoms with Crippen molar-refractivity contribution in [3.05, 3.63) is 89.0 Å². The maximum Gasteiger partial charge on any atom is 0.243 e. The summed E-state index contributed by atoms with van der Waals surface area (Å²) < 4.78 is 33.2. The number of hydrogen-bond acceptors (Lipinski definition) is 6. The highest BCUT2D eigenvalue weighted by Gasteiger charge is 2.28. The van der Waals surface area contributed by atoms with E-state index in [0.29, 0.717) is 19.6 Å². The molecule has 2 aliphatic rings. The Hall–Kier alpha value is -3.40. The normalized spacial score (nSPS) is 16.2. The molecular weight excluding hydrogens is 524 g/mol. The number of nitrogens with zero attached hydrogens (tertiary/aromatic N) is 4. The van der Waals surface area contributed by atoms with E-state index in [9.17, 15) is 13.2 Å². The highest BCUT2D eigenvalue weighted by atomic mass is 32.2. The molecule has 5 rings (SSSR count). The molecule has 0 unspecified atom stereocenters. The lowest BCUT2D eigenvalue weighted by Gasteiger charge is -2.38. The molecule has 3 aromatic rings. The van der Waals surface area contributed by atoms with Crippen LogP contribution in [0.2, 0.25) is 0 Å². The van der Waals surface area contributed by atoms with E-state index in [-0.39, 0.29) is 17.2 Å². The lowest BCUT2D eigenvalue weighted by atomic mass is 9.95. The number of sulfonamides is 1. The van der Waals surface area contributed by atoms with Gasteiger partial charge in [0, 0.05) is 69.7 Å². The molecule has 1 amide bonds. The van der Waals surface area contributed by atoms with E-state index < -0.39 is 10.0 Å². The summed E-state index contributed by atoms with van der Waals surface area (Å²) in [4.78, 5) is 20.3. The molecule has 2 heterocycles. The summed E-state index contributed by atoms with van der Waals surface area (Å²) in [5.41, 5.74) is 5.27. The van der Waals surface area contributed by atoms with Crippen LogP contribution in [0.15, 0.2) is 71.6 Å². The van der Waals surface area contributed by atoms with Gasteiger partial charge in [-0.25, -0.2) is 8.42 Å². The quantitative estimate of drug-likeness (QED) is 0.419. The van der Waals surface area contributed by atoms with Crippen LogP contribution in [-0.2, 0) is 40.7 Å². The molecule has 3 aromatic carbocycles. The summed E-state index contributed by atoms with van der Waals surface area (Å²) in [5.74, 6) is 0.920. The molecule has 1 saturated heterocycles. The number of rotatable bonds is 8. The maximum absolute atomic E-state index is 13.4. The summed E-state index contributed by atoms with van der Waals surface area (Å²) in [6, 6.07) is 20.4. The first kappa shape index (κ1) is 28.1. The Labute approximate surface area is 237 Å². The second-order valence-corrected chi connectivity index (χ2v) is 12.7. The largest absolute Gasteiger partial charge is 0.496 e. The zero-order valence-electron chi connectivity index (χ0n) is 23.5. The molecule has 0 saturated carbocycles. The Morgan fingerprint density at radius 3 is 2.25 bits per heavy atom. The van der Waals surface area contributed by atoms with Gasteiger partial charge in [0.25, 0.3) is 0 Å². The highest BCUT2D eigenvalue weighted by molar-refractivity contribution is 7.89. The Morgan fingerprint density at radius 1 is 0.875 bits per heavy atom. The van der Waals surface area contributed by atoms with Crippen LogP contribution >= 0.6 is 0 Å². The summed E-state index contributed by atoms with van der Waals surface area (Å²) in [5, 5.41) is 0. The standard InChI is InChI=1S/C31H38N4O4S/c1-32-17-19-34(20-18-32)29-13-14-30(39-3)27-15-16-35(23-28(27)29)31(36)21-24-9-11-26(12-10-24)40(37,38)33(2)22-25-7-5-4-6-8-25/h4-14H,15-23H2,1-3H3. The summed E-state index contributed by atoms with van der Waals surface area (Å²) in [7, 11) is 1.78. The Kier molecular flexibility index (Phi) is 8.44. The van der Waals surface area contributed by atoms with Crippen LogP contribution in [0.5, 0.6) is 5.75 Å². The van der Waals surface area contributed by atoms with E-state index in [1.807, 2.05) is 35.2 Å². The third kappa shape index (κ3) is 6.01. The summed E-state index contributed by atoms with van der Waals surface area (Å²) >= 11 is 0. The fraction of sp³-hybridized carbons (Fsp3) is 0.387. The van der Waals surface area contributed by atoms with Crippen molar-refractivity contribution in [1.82, 2.24) is 14.1 Å². The average molecular weight is 563 g/mol. The lowest BCUT2D eigenvalue weighted by molar-refractivity contribution is -0.131. The zero-order valence-corrected chi connectivity index (χ0v) is 24.4. The van der Waals surface area contributed by atoms with Crippen molar-refractivity contribution in [3.63, 3.8) is 0 Å². The lowest BCUT2D eigenvalue weighted by Crippen LogP contribution is -2.45. The molecule has 0 aromatic heterocycles. The van der Waals surface area contributed by atoms with Crippen LogP contribution in [0.25, 0.3) is 0 Å². The van der Waals surface area contributed by atoms with Gasteiger partial charge < -0.3 is 19.4 Å². The summed E-state index contributed by atoms with van der Waals surface area (Å²) in [6.07, 6.45) is 0.972. The smallest absolute Gasteiger partial charge is 0.243 e. The summed E-state index contributed by atoms with van der Waals surface area (Å²) in [6.45, 7) is 5.40. The fourth-order valence-corrected chi connectivity index (χ4v) is 6.70. The van der Waals surface area contributed by atoms with Gasteiger partial charge in [-0.15, -0.1) is 0 Å². The van der Waals surface area contributed by atoms with Crippen molar-refractivity contribution in [2.45, 2.75) is 30.8 Å². The molecule has 0 spiro atoms. The fourth-order valence-electron chi connectivity index (χ4n) is 5.55. The SMILES string of the molecule is COc1ccc(N2CCN(C)CC2)c2c1CCN(C(=O)Cc1ccc(S(=O)(=O)N(C)Cc3ccccc3)cc1)C2. The average Bonchev–Trinajstić information content (AvgIpc) is 2.97. The maximum atomic E-state index is 13.4. The zero-order chi connectivity index (χ0) is 28.3. The Balaban J connectivity index is 1.27. The van der Waals surface area contributed by atoms with E-state index in [2.05, 4.69) is 29.0 Å². The van der Waals surface area contributed by atoms with Crippen LogP contribution in [0.3, 0.4) is 0 Å². The number of carbonyl (C=O) groups is 1. The third-order valence-corrected chi connectivity index (χ3v) is 9.81. The number of benzene rings is 3. The minimum Gasteiger partial charge on any atom is -0.496 e. The predicted molar refractivity (Wildman–Crippen MR) is 157 cm³/mol. The molecule has 40 heavy (non-hydrogen) atoms. The first-order chi connectivity index (χ1) is 19.3. The molecule has 8 nitrogen and oxygen atoms in total. The molecule has 2 aliphatic heterocycles. The van der Waals surface area contributed by atoms with Crippen molar-refractivity contribution < 1.29 is 17.9 Å². The van der Waals surface area contributed by atoms with Gasteiger partial charge in [0.2, 0.25) is 15.9 Å². The molecule has 0 atom stereocenters. The van der Waals surface area contributed by atoms with Gasteiger partial charge in [0.1, 0.15) is 5.75 Å². The van der Waals surface area contributed by atoms with E-state index in [1.54, 1.807) is 38.4 Å². The minimum absolute atomic E-state index is 0.0367. The second kappa shape index (κ2) is 12.0.